The zero-order valence-electron chi connectivity index (χ0n) is 10.0. The first-order valence-corrected chi connectivity index (χ1v) is 6.11. The maximum absolute atomic E-state index is 10.1. The van der Waals surface area contributed by atoms with Crippen molar-refractivity contribution < 1.29 is 14.9 Å². The molecule has 1 aliphatic heterocycles. The van der Waals surface area contributed by atoms with Gasteiger partial charge in [0.1, 0.15) is 12.1 Å². The Balaban J connectivity index is 2.15. The van der Waals surface area contributed by atoms with Crippen LogP contribution in [-0.4, -0.2) is 47.6 Å². The highest BCUT2D eigenvalue weighted by Crippen LogP contribution is 2.36. The summed E-state index contributed by atoms with van der Waals surface area (Å²) < 4.78 is 5.69. The Morgan fingerprint density at radius 2 is 2.41 bits per heavy atom. The molecule has 0 bridgehead atoms. The van der Waals surface area contributed by atoms with Gasteiger partial charge in [-0.25, -0.2) is 4.99 Å². The Labute approximate surface area is 101 Å². The lowest BCUT2D eigenvalue weighted by Crippen LogP contribution is -2.48. The number of aliphatic imine (C=N–C) groups is 1. The van der Waals surface area contributed by atoms with Crippen LogP contribution in [0.2, 0.25) is 0 Å². The van der Waals surface area contributed by atoms with E-state index < -0.39 is 6.10 Å². The van der Waals surface area contributed by atoms with Crippen LogP contribution in [0.25, 0.3) is 0 Å². The number of rotatable bonds is 3. The molecule has 0 radical (unpaired) electrons. The zero-order valence-corrected chi connectivity index (χ0v) is 10.0. The lowest BCUT2D eigenvalue weighted by atomic mass is 9.74. The van der Waals surface area contributed by atoms with Crippen molar-refractivity contribution in [2.24, 2.45) is 16.8 Å². The van der Waals surface area contributed by atoms with Crippen molar-refractivity contribution in [1.29, 1.82) is 0 Å². The van der Waals surface area contributed by atoms with Crippen LogP contribution in [0.4, 0.5) is 0 Å². The van der Waals surface area contributed by atoms with Crippen LogP contribution in [0.1, 0.15) is 13.3 Å². The number of aliphatic hydroxyl groups is 2. The van der Waals surface area contributed by atoms with Gasteiger partial charge in [-0.3, -0.25) is 0 Å². The summed E-state index contributed by atoms with van der Waals surface area (Å²) in [6.07, 6.45) is 1.69. The Bertz CT molecular complexity index is 319. The van der Waals surface area contributed by atoms with Crippen molar-refractivity contribution in [1.82, 2.24) is 5.32 Å². The van der Waals surface area contributed by atoms with Gasteiger partial charge in [-0.2, -0.15) is 0 Å². The standard InChI is InChI=1S/C12H20N2O3/c1-3-8-10-9(5-7(6-15)11(8)16)17-12(14-10)13-4-2/h3,7-11,15-16H,1,4-6H2,2H3,(H,13,14)/t7-,8+,9+,10-,11-/m1/s1. The van der Waals surface area contributed by atoms with E-state index in [4.69, 9.17) is 4.74 Å². The molecule has 0 amide bonds. The molecular formula is C12H20N2O3. The second-order valence-electron chi connectivity index (χ2n) is 4.59. The first-order chi connectivity index (χ1) is 8.21. The molecule has 17 heavy (non-hydrogen) atoms. The number of amidine groups is 1. The van der Waals surface area contributed by atoms with Crippen LogP contribution in [0.15, 0.2) is 17.6 Å². The molecule has 5 heteroatoms. The second-order valence-corrected chi connectivity index (χ2v) is 4.59. The van der Waals surface area contributed by atoms with Gasteiger partial charge >= 0.3 is 0 Å². The average Bonchev–Trinajstić information content (AvgIpc) is 2.71. The molecule has 2 aliphatic rings. The summed E-state index contributed by atoms with van der Waals surface area (Å²) in [7, 11) is 0. The quantitative estimate of drug-likeness (QED) is 0.602. The van der Waals surface area contributed by atoms with Gasteiger partial charge in [0.15, 0.2) is 0 Å². The van der Waals surface area contributed by atoms with E-state index in [1.807, 2.05) is 6.92 Å². The molecule has 1 fully saturated rings. The van der Waals surface area contributed by atoms with Gasteiger partial charge < -0.3 is 20.3 Å². The molecule has 2 rings (SSSR count). The van der Waals surface area contributed by atoms with Crippen molar-refractivity contribution in [2.45, 2.75) is 31.6 Å². The Morgan fingerprint density at radius 3 is 3.00 bits per heavy atom. The van der Waals surface area contributed by atoms with E-state index in [0.717, 1.165) is 6.54 Å². The summed E-state index contributed by atoms with van der Waals surface area (Å²) in [6.45, 7) is 6.44. The predicted octanol–water partition coefficient (Wildman–Crippen LogP) is -0.105. The molecule has 96 valence electrons. The summed E-state index contributed by atoms with van der Waals surface area (Å²) in [5, 5.41) is 22.4. The molecule has 0 spiro atoms. The van der Waals surface area contributed by atoms with Gasteiger partial charge in [0.25, 0.3) is 6.02 Å². The van der Waals surface area contributed by atoms with Crippen molar-refractivity contribution in [3.63, 3.8) is 0 Å². The summed E-state index contributed by atoms with van der Waals surface area (Å²) in [6, 6.07) is 0.458. The average molecular weight is 240 g/mol. The number of nitrogens with zero attached hydrogens (tertiary/aromatic N) is 1. The van der Waals surface area contributed by atoms with Crippen LogP contribution >= 0.6 is 0 Å². The van der Waals surface area contributed by atoms with Crippen LogP contribution in [0.5, 0.6) is 0 Å². The van der Waals surface area contributed by atoms with Gasteiger partial charge in [0, 0.05) is 25.0 Å². The van der Waals surface area contributed by atoms with Gasteiger partial charge in [-0.1, -0.05) is 6.08 Å². The smallest absolute Gasteiger partial charge is 0.285 e. The number of hydrogen-bond donors (Lipinski definition) is 3. The summed E-state index contributed by atoms with van der Waals surface area (Å²) >= 11 is 0. The fourth-order valence-corrected chi connectivity index (χ4v) is 2.64. The zero-order chi connectivity index (χ0) is 12.4. The van der Waals surface area contributed by atoms with E-state index in [1.165, 1.54) is 0 Å². The van der Waals surface area contributed by atoms with Crippen LogP contribution < -0.4 is 5.32 Å². The minimum atomic E-state index is -0.591. The molecule has 3 N–H and O–H groups in total. The maximum atomic E-state index is 10.1. The molecule has 5 atom stereocenters. The molecule has 1 heterocycles. The van der Waals surface area contributed by atoms with Crippen molar-refractivity contribution in [3.05, 3.63) is 12.7 Å². The molecule has 0 unspecified atom stereocenters. The SMILES string of the molecule is C=C[C@@H]1[C@H](O)[C@@H](CO)C[C@@H]2OC(NCC)=N[C@H]12. The summed E-state index contributed by atoms with van der Waals surface area (Å²) in [5.41, 5.74) is 0. The number of ether oxygens (including phenoxy) is 1. The first kappa shape index (κ1) is 12.4. The van der Waals surface area contributed by atoms with Gasteiger partial charge in [0.2, 0.25) is 0 Å². The highest BCUT2D eigenvalue weighted by Gasteiger charge is 2.46. The van der Waals surface area contributed by atoms with E-state index >= 15 is 0 Å². The lowest BCUT2D eigenvalue weighted by molar-refractivity contribution is -0.0369. The molecule has 0 aromatic carbocycles. The third-order valence-corrected chi connectivity index (χ3v) is 3.55. The molecule has 0 saturated heterocycles. The largest absolute Gasteiger partial charge is 0.460 e. The van der Waals surface area contributed by atoms with Crippen molar-refractivity contribution in [3.8, 4) is 0 Å². The van der Waals surface area contributed by atoms with Gasteiger partial charge in [0.05, 0.1) is 6.10 Å². The normalized spacial score (nSPS) is 40.2. The number of hydrogen-bond acceptors (Lipinski definition) is 5. The monoisotopic (exact) mass is 240 g/mol. The van der Waals surface area contributed by atoms with E-state index in [1.54, 1.807) is 6.08 Å². The summed E-state index contributed by atoms with van der Waals surface area (Å²) in [4.78, 5) is 4.44. The van der Waals surface area contributed by atoms with Crippen molar-refractivity contribution >= 4 is 6.02 Å². The van der Waals surface area contributed by atoms with Crippen LogP contribution in [-0.2, 0) is 4.74 Å². The third-order valence-electron chi connectivity index (χ3n) is 3.55. The van der Waals surface area contributed by atoms with Gasteiger partial charge in [-0.15, -0.1) is 6.58 Å². The van der Waals surface area contributed by atoms with Crippen LogP contribution in [0.3, 0.4) is 0 Å². The van der Waals surface area contributed by atoms with Crippen molar-refractivity contribution in [2.75, 3.05) is 13.2 Å². The Hall–Kier alpha value is -1.07. The van der Waals surface area contributed by atoms with E-state index in [2.05, 4.69) is 16.9 Å². The highest BCUT2D eigenvalue weighted by atomic mass is 16.5. The summed E-state index contributed by atoms with van der Waals surface area (Å²) in [5.74, 6) is -0.308. The predicted molar refractivity (Wildman–Crippen MR) is 64.7 cm³/mol. The fourth-order valence-electron chi connectivity index (χ4n) is 2.64. The van der Waals surface area contributed by atoms with E-state index in [-0.39, 0.29) is 30.6 Å². The number of aliphatic hydroxyl groups excluding tert-OH is 2. The third kappa shape index (κ3) is 2.17. The first-order valence-electron chi connectivity index (χ1n) is 6.11. The number of fused-ring (bicyclic) bond motifs is 1. The molecular weight excluding hydrogens is 220 g/mol. The topological polar surface area (TPSA) is 74.1 Å². The number of nitrogens with one attached hydrogen (secondary N) is 1. The fraction of sp³-hybridized carbons (Fsp3) is 0.750. The molecule has 1 aliphatic carbocycles. The van der Waals surface area contributed by atoms with E-state index in [9.17, 15) is 10.2 Å². The molecule has 0 aromatic heterocycles. The minimum Gasteiger partial charge on any atom is -0.460 e. The molecule has 5 nitrogen and oxygen atoms in total. The maximum Gasteiger partial charge on any atom is 0.285 e. The van der Waals surface area contributed by atoms with Gasteiger partial charge in [-0.05, 0) is 13.3 Å². The second kappa shape index (κ2) is 5.06. The molecule has 1 saturated carbocycles. The highest BCUT2D eigenvalue weighted by molar-refractivity contribution is 5.75. The minimum absolute atomic E-state index is 0.0331. The Morgan fingerprint density at radius 1 is 1.65 bits per heavy atom. The van der Waals surface area contributed by atoms with Crippen LogP contribution in [0, 0.1) is 11.8 Å². The lowest BCUT2D eigenvalue weighted by Gasteiger charge is -2.38. The van der Waals surface area contributed by atoms with E-state index in [0.29, 0.717) is 12.4 Å². The molecule has 0 aromatic rings. The Kier molecular flexibility index (Phi) is 3.69.